The van der Waals surface area contributed by atoms with Crippen molar-refractivity contribution >= 4 is 35.5 Å². The van der Waals surface area contributed by atoms with Gasteiger partial charge < -0.3 is 20.4 Å². The SMILES string of the molecule is CC(=O)O.CC(=O)O.Oc1cc(O)cc(C2SCCS2)c1. The first-order valence-corrected chi connectivity index (χ1v) is 7.97. The molecule has 1 aromatic carbocycles. The van der Waals surface area contributed by atoms with Crippen LogP contribution in [0.4, 0.5) is 0 Å². The molecule has 0 amide bonds. The maximum absolute atomic E-state index is 9.28. The van der Waals surface area contributed by atoms with Crippen molar-refractivity contribution < 1.29 is 30.0 Å². The van der Waals surface area contributed by atoms with E-state index in [2.05, 4.69) is 0 Å². The maximum Gasteiger partial charge on any atom is 0.300 e. The highest BCUT2D eigenvalue weighted by Gasteiger charge is 2.19. The number of benzene rings is 1. The number of carboxylic acid groups (broad SMARTS) is 2. The second-order valence-electron chi connectivity index (χ2n) is 3.89. The minimum Gasteiger partial charge on any atom is -0.508 e. The molecule has 1 heterocycles. The molecule has 1 fully saturated rings. The van der Waals surface area contributed by atoms with E-state index in [0.29, 0.717) is 4.58 Å². The van der Waals surface area contributed by atoms with Crippen molar-refractivity contribution in [2.24, 2.45) is 0 Å². The number of rotatable bonds is 1. The van der Waals surface area contributed by atoms with Crippen LogP contribution in [-0.4, -0.2) is 43.9 Å². The maximum atomic E-state index is 9.28. The number of thioether (sulfide) groups is 2. The quantitative estimate of drug-likeness (QED) is 0.620. The van der Waals surface area contributed by atoms with E-state index in [-0.39, 0.29) is 11.5 Å². The van der Waals surface area contributed by atoms with Gasteiger partial charge in [-0.1, -0.05) is 0 Å². The first kappa shape index (κ1) is 19.5. The van der Waals surface area contributed by atoms with Crippen LogP contribution in [0.25, 0.3) is 0 Å². The molecule has 0 saturated carbocycles. The van der Waals surface area contributed by atoms with Crippen LogP contribution in [0.2, 0.25) is 0 Å². The van der Waals surface area contributed by atoms with Gasteiger partial charge in [0.15, 0.2) is 0 Å². The number of hydrogen-bond acceptors (Lipinski definition) is 6. The zero-order chi connectivity index (χ0) is 16.4. The molecule has 4 N–H and O–H groups in total. The Morgan fingerprint density at radius 2 is 1.29 bits per heavy atom. The van der Waals surface area contributed by atoms with Crippen LogP contribution < -0.4 is 0 Å². The van der Waals surface area contributed by atoms with Gasteiger partial charge >= 0.3 is 0 Å². The van der Waals surface area contributed by atoms with E-state index >= 15 is 0 Å². The molecule has 0 unspecified atom stereocenters. The van der Waals surface area contributed by atoms with Crippen LogP contribution in [0.5, 0.6) is 11.5 Å². The van der Waals surface area contributed by atoms with Gasteiger partial charge in [0.1, 0.15) is 11.5 Å². The fourth-order valence-corrected chi connectivity index (χ4v) is 4.12. The minimum absolute atomic E-state index is 0.142. The highest BCUT2D eigenvalue weighted by molar-refractivity contribution is 8.19. The molecule has 1 aliphatic heterocycles. The van der Waals surface area contributed by atoms with E-state index in [1.54, 1.807) is 12.1 Å². The van der Waals surface area contributed by atoms with Crippen LogP contribution in [0.1, 0.15) is 24.0 Å². The first-order valence-electron chi connectivity index (χ1n) is 5.87. The van der Waals surface area contributed by atoms with Crippen LogP contribution >= 0.6 is 23.5 Å². The Bertz CT molecular complexity index is 431. The molecule has 8 heteroatoms. The van der Waals surface area contributed by atoms with E-state index in [1.807, 2.05) is 23.5 Å². The molecule has 2 rings (SSSR count). The Morgan fingerprint density at radius 3 is 1.62 bits per heavy atom. The number of carboxylic acids is 2. The van der Waals surface area contributed by atoms with Crippen molar-refractivity contribution in [2.45, 2.75) is 18.4 Å². The van der Waals surface area contributed by atoms with Crippen molar-refractivity contribution in [1.29, 1.82) is 0 Å². The normalized spacial score (nSPS) is 13.4. The molecule has 118 valence electrons. The summed E-state index contributed by atoms with van der Waals surface area (Å²) >= 11 is 3.71. The average Bonchev–Trinajstić information content (AvgIpc) is 2.78. The summed E-state index contributed by atoms with van der Waals surface area (Å²) in [6, 6.07) is 4.79. The number of phenolic OH excluding ortho intramolecular Hbond substituents is 2. The van der Waals surface area contributed by atoms with Crippen molar-refractivity contribution in [1.82, 2.24) is 0 Å². The van der Waals surface area contributed by atoms with Crippen LogP contribution in [0.3, 0.4) is 0 Å². The summed E-state index contributed by atoms with van der Waals surface area (Å²) in [6.07, 6.45) is 0. The summed E-state index contributed by atoms with van der Waals surface area (Å²) in [7, 11) is 0. The predicted octanol–water partition coefficient (Wildman–Crippen LogP) is 2.76. The second-order valence-corrected chi connectivity index (χ2v) is 6.62. The zero-order valence-corrected chi connectivity index (χ0v) is 13.3. The Hall–Kier alpha value is -1.54. The smallest absolute Gasteiger partial charge is 0.300 e. The minimum atomic E-state index is -0.833. The lowest BCUT2D eigenvalue weighted by molar-refractivity contribution is -0.135. The number of aromatic hydroxyl groups is 2. The highest BCUT2D eigenvalue weighted by Crippen LogP contribution is 2.46. The lowest BCUT2D eigenvalue weighted by Gasteiger charge is -2.08. The van der Waals surface area contributed by atoms with E-state index < -0.39 is 11.9 Å². The summed E-state index contributed by atoms with van der Waals surface area (Å²) in [5.74, 6) is 0.906. The summed E-state index contributed by atoms with van der Waals surface area (Å²) in [4.78, 5) is 18.0. The molecule has 0 bridgehead atoms. The zero-order valence-electron chi connectivity index (χ0n) is 11.6. The third-order valence-corrected chi connectivity index (χ3v) is 4.92. The number of aliphatic carboxylic acids is 2. The Labute approximate surface area is 131 Å². The molecule has 0 atom stereocenters. The molecule has 21 heavy (non-hydrogen) atoms. The molecule has 6 nitrogen and oxygen atoms in total. The summed E-state index contributed by atoms with van der Waals surface area (Å²) in [5.41, 5.74) is 1.00. The number of carbonyl (C=O) groups is 2. The molecule has 0 aliphatic carbocycles. The van der Waals surface area contributed by atoms with E-state index in [0.717, 1.165) is 30.9 Å². The van der Waals surface area contributed by atoms with Gasteiger partial charge in [-0.3, -0.25) is 9.59 Å². The summed E-state index contributed by atoms with van der Waals surface area (Å²) in [5, 5.41) is 33.4. The molecule has 1 aromatic rings. The molecule has 1 saturated heterocycles. The summed E-state index contributed by atoms with van der Waals surface area (Å²) in [6.45, 7) is 2.17. The van der Waals surface area contributed by atoms with Gasteiger partial charge in [0.2, 0.25) is 0 Å². The fourth-order valence-electron chi connectivity index (χ4n) is 1.30. The topological polar surface area (TPSA) is 115 Å². The Balaban J connectivity index is 0.000000421. The third kappa shape index (κ3) is 10.9. The van der Waals surface area contributed by atoms with Gasteiger partial charge in [-0.2, -0.15) is 0 Å². The third-order valence-electron chi connectivity index (χ3n) is 1.82. The molecule has 1 aliphatic rings. The van der Waals surface area contributed by atoms with E-state index in [1.165, 1.54) is 6.07 Å². The number of hydrogen-bond donors (Lipinski definition) is 4. The van der Waals surface area contributed by atoms with Crippen molar-refractivity contribution in [3.8, 4) is 11.5 Å². The Kier molecular flexibility index (Phi) is 9.48. The van der Waals surface area contributed by atoms with E-state index in [9.17, 15) is 10.2 Å². The van der Waals surface area contributed by atoms with Gasteiger partial charge in [-0.25, -0.2) is 0 Å². The average molecular weight is 334 g/mol. The molecular weight excluding hydrogens is 316 g/mol. The van der Waals surface area contributed by atoms with Gasteiger partial charge in [-0.15, -0.1) is 23.5 Å². The molecule has 0 radical (unpaired) electrons. The van der Waals surface area contributed by atoms with Crippen LogP contribution in [0.15, 0.2) is 18.2 Å². The van der Waals surface area contributed by atoms with Gasteiger partial charge in [0.05, 0.1) is 4.58 Å². The largest absolute Gasteiger partial charge is 0.508 e. The van der Waals surface area contributed by atoms with Crippen LogP contribution in [-0.2, 0) is 9.59 Å². The second kappa shape index (κ2) is 10.2. The van der Waals surface area contributed by atoms with Gasteiger partial charge in [-0.05, 0) is 17.7 Å². The Morgan fingerprint density at radius 1 is 0.952 bits per heavy atom. The summed E-state index contributed by atoms with van der Waals surface area (Å²) < 4.78 is 0.373. The lowest BCUT2D eigenvalue weighted by atomic mass is 10.2. The predicted molar refractivity (Wildman–Crippen MR) is 84.0 cm³/mol. The molecule has 0 aromatic heterocycles. The lowest BCUT2D eigenvalue weighted by Crippen LogP contribution is -1.83. The number of phenols is 2. The van der Waals surface area contributed by atoms with Gasteiger partial charge in [0, 0.05) is 31.4 Å². The highest BCUT2D eigenvalue weighted by atomic mass is 32.2. The van der Waals surface area contributed by atoms with Crippen molar-refractivity contribution in [3.05, 3.63) is 23.8 Å². The van der Waals surface area contributed by atoms with Gasteiger partial charge in [0.25, 0.3) is 11.9 Å². The standard InChI is InChI=1S/C9H10O2S2.2C2H4O2/c10-7-3-6(4-8(11)5-7)9-12-1-2-13-9;2*1-2(3)4/h3-5,9-11H,1-2H2;2*1H3,(H,3,4). The van der Waals surface area contributed by atoms with Crippen molar-refractivity contribution in [3.63, 3.8) is 0 Å². The van der Waals surface area contributed by atoms with Crippen molar-refractivity contribution in [2.75, 3.05) is 11.5 Å². The van der Waals surface area contributed by atoms with E-state index in [4.69, 9.17) is 19.8 Å². The molecular formula is C13H18O6S2. The fraction of sp³-hybridized carbons (Fsp3) is 0.385. The van der Waals surface area contributed by atoms with Crippen LogP contribution in [0, 0.1) is 0 Å². The molecule has 0 spiro atoms. The first-order chi connectivity index (χ1) is 9.72. The monoisotopic (exact) mass is 334 g/mol.